The maximum Gasteiger partial charge on any atom is 0.119 e. The molecule has 0 radical (unpaired) electrons. The van der Waals surface area contributed by atoms with Gasteiger partial charge >= 0.3 is 0 Å². The molecule has 0 unspecified atom stereocenters. The van der Waals surface area contributed by atoms with Gasteiger partial charge in [0.05, 0.1) is 13.2 Å². The van der Waals surface area contributed by atoms with Gasteiger partial charge in [0, 0.05) is 17.6 Å². The number of hydrogen-bond donors (Lipinski definition) is 1. The molecule has 114 valence electrons. The number of rotatable bonds is 10. The van der Waals surface area contributed by atoms with Gasteiger partial charge in [-0.05, 0) is 43.5 Å². The van der Waals surface area contributed by atoms with Crippen LogP contribution in [0.1, 0.15) is 32.8 Å². The smallest absolute Gasteiger partial charge is 0.119 e. The van der Waals surface area contributed by atoms with E-state index in [1.807, 2.05) is 18.2 Å². The van der Waals surface area contributed by atoms with Crippen LogP contribution < -0.4 is 10.1 Å². The fourth-order valence-corrected chi connectivity index (χ4v) is 2.01. The maximum atomic E-state index is 6.07. The first-order valence-electron chi connectivity index (χ1n) is 7.39. The maximum absolute atomic E-state index is 6.07. The van der Waals surface area contributed by atoms with Crippen LogP contribution in [0.15, 0.2) is 18.2 Å². The Bertz CT molecular complexity index is 385. The number of hydrogen-bond acceptors (Lipinski definition) is 3. The quantitative estimate of drug-likeness (QED) is 0.669. The van der Waals surface area contributed by atoms with Crippen LogP contribution in [0.25, 0.3) is 0 Å². The van der Waals surface area contributed by atoms with Crippen LogP contribution in [-0.4, -0.2) is 32.4 Å². The first-order valence-corrected chi connectivity index (χ1v) is 7.77. The van der Waals surface area contributed by atoms with E-state index in [1.54, 1.807) is 0 Å². The van der Waals surface area contributed by atoms with Crippen LogP contribution in [0.4, 0.5) is 0 Å². The van der Waals surface area contributed by atoms with Gasteiger partial charge in [0.15, 0.2) is 0 Å². The minimum absolute atomic E-state index is 0.552. The van der Waals surface area contributed by atoms with Gasteiger partial charge in [0.1, 0.15) is 12.4 Å². The highest BCUT2D eigenvalue weighted by atomic mass is 35.5. The lowest BCUT2D eigenvalue weighted by molar-refractivity contribution is 0.100. The molecule has 20 heavy (non-hydrogen) atoms. The highest BCUT2D eigenvalue weighted by Gasteiger charge is 2.01. The molecule has 0 spiro atoms. The SMILES string of the molecule is CCc1cc(OCCOCCN[C@@H](C)CC)ccc1Cl. The van der Waals surface area contributed by atoms with Crippen LogP contribution in [0.5, 0.6) is 5.75 Å². The predicted octanol–water partition coefficient (Wildman–Crippen LogP) is 3.69. The Morgan fingerprint density at radius 2 is 2.00 bits per heavy atom. The molecule has 0 amide bonds. The minimum atomic E-state index is 0.552. The van der Waals surface area contributed by atoms with Crippen molar-refractivity contribution in [1.82, 2.24) is 5.32 Å². The summed E-state index contributed by atoms with van der Waals surface area (Å²) in [6, 6.07) is 6.32. The summed E-state index contributed by atoms with van der Waals surface area (Å²) in [5.74, 6) is 0.854. The average molecular weight is 300 g/mol. The van der Waals surface area contributed by atoms with E-state index in [1.165, 1.54) is 0 Å². The normalized spacial score (nSPS) is 12.4. The Balaban J connectivity index is 2.12. The molecule has 3 nitrogen and oxygen atoms in total. The molecule has 4 heteroatoms. The van der Waals surface area contributed by atoms with Crippen LogP contribution in [0.3, 0.4) is 0 Å². The Morgan fingerprint density at radius 3 is 2.70 bits per heavy atom. The van der Waals surface area contributed by atoms with E-state index in [4.69, 9.17) is 21.1 Å². The first-order chi connectivity index (χ1) is 9.67. The van der Waals surface area contributed by atoms with Crippen molar-refractivity contribution in [1.29, 1.82) is 0 Å². The Hall–Kier alpha value is -0.770. The highest BCUT2D eigenvalue weighted by molar-refractivity contribution is 6.31. The number of nitrogens with one attached hydrogen (secondary N) is 1. The van der Waals surface area contributed by atoms with Crippen LogP contribution in [-0.2, 0) is 11.2 Å². The molecule has 1 N–H and O–H groups in total. The third-order valence-corrected chi connectivity index (χ3v) is 3.61. The molecule has 0 aliphatic heterocycles. The van der Waals surface area contributed by atoms with Crippen molar-refractivity contribution in [3.8, 4) is 5.75 Å². The molecule has 1 aromatic rings. The monoisotopic (exact) mass is 299 g/mol. The van der Waals surface area contributed by atoms with Gasteiger partial charge in [-0.15, -0.1) is 0 Å². The van der Waals surface area contributed by atoms with Crippen LogP contribution in [0.2, 0.25) is 5.02 Å². The van der Waals surface area contributed by atoms with Crippen molar-refractivity contribution in [2.24, 2.45) is 0 Å². The summed E-state index contributed by atoms with van der Waals surface area (Å²) in [4.78, 5) is 0. The van der Waals surface area contributed by atoms with Gasteiger partial charge in [0.2, 0.25) is 0 Å². The van der Waals surface area contributed by atoms with Gasteiger partial charge in [0.25, 0.3) is 0 Å². The molecule has 0 saturated carbocycles. The molecule has 1 atom stereocenters. The van der Waals surface area contributed by atoms with Crippen molar-refractivity contribution in [2.45, 2.75) is 39.7 Å². The number of aryl methyl sites for hydroxylation is 1. The van der Waals surface area contributed by atoms with E-state index in [-0.39, 0.29) is 0 Å². The molecule has 0 bridgehead atoms. The van der Waals surface area contributed by atoms with E-state index < -0.39 is 0 Å². The summed E-state index contributed by atoms with van der Waals surface area (Å²) in [5, 5.41) is 4.18. The molecule has 1 rings (SSSR count). The van der Waals surface area contributed by atoms with Crippen molar-refractivity contribution in [2.75, 3.05) is 26.4 Å². The number of ether oxygens (including phenoxy) is 2. The summed E-state index contributed by atoms with van der Waals surface area (Å²) in [5.41, 5.74) is 1.11. The third-order valence-electron chi connectivity index (χ3n) is 3.25. The van der Waals surface area contributed by atoms with Gasteiger partial charge < -0.3 is 14.8 Å². The van der Waals surface area contributed by atoms with Crippen molar-refractivity contribution in [3.63, 3.8) is 0 Å². The summed E-state index contributed by atoms with van der Waals surface area (Å²) in [6.45, 7) is 9.20. The van der Waals surface area contributed by atoms with E-state index >= 15 is 0 Å². The Kier molecular flexibility index (Phi) is 8.67. The molecule has 1 aromatic carbocycles. The molecule has 0 saturated heterocycles. The summed E-state index contributed by atoms with van der Waals surface area (Å²) in [6.07, 6.45) is 2.05. The molecule has 0 fully saturated rings. The lowest BCUT2D eigenvalue weighted by atomic mass is 10.1. The first kappa shape index (κ1) is 17.3. The second-order valence-corrected chi connectivity index (χ2v) is 5.24. The second kappa shape index (κ2) is 10.0. The van der Waals surface area contributed by atoms with E-state index in [0.717, 1.165) is 35.7 Å². The fourth-order valence-electron chi connectivity index (χ4n) is 1.75. The number of benzene rings is 1. The standard InChI is InChI=1S/C16H26ClNO2/c1-4-13(3)18-8-9-19-10-11-20-15-6-7-16(17)14(5-2)12-15/h6-7,12-13,18H,4-5,8-11H2,1-3H3/t13-/m0/s1. The van der Waals surface area contributed by atoms with Crippen LogP contribution >= 0.6 is 11.6 Å². The van der Waals surface area contributed by atoms with Gasteiger partial charge in [-0.25, -0.2) is 0 Å². The number of halogens is 1. The van der Waals surface area contributed by atoms with Crippen molar-refractivity contribution in [3.05, 3.63) is 28.8 Å². The van der Waals surface area contributed by atoms with Crippen molar-refractivity contribution < 1.29 is 9.47 Å². The highest BCUT2D eigenvalue weighted by Crippen LogP contribution is 2.22. The van der Waals surface area contributed by atoms with E-state index in [2.05, 4.69) is 26.1 Å². The summed E-state index contributed by atoms with van der Waals surface area (Å²) >= 11 is 6.07. The molecule has 0 aliphatic carbocycles. The van der Waals surface area contributed by atoms with E-state index in [0.29, 0.717) is 25.9 Å². The van der Waals surface area contributed by atoms with E-state index in [9.17, 15) is 0 Å². The molecular formula is C16H26ClNO2. The lowest BCUT2D eigenvalue weighted by Crippen LogP contribution is -2.29. The fraction of sp³-hybridized carbons (Fsp3) is 0.625. The van der Waals surface area contributed by atoms with Crippen LogP contribution in [0, 0.1) is 0 Å². The largest absolute Gasteiger partial charge is 0.491 e. The zero-order valence-electron chi connectivity index (χ0n) is 12.7. The second-order valence-electron chi connectivity index (χ2n) is 4.83. The molecular weight excluding hydrogens is 274 g/mol. The third kappa shape index (κ3) is 6.60. The minimum Gasteiger partial charge on any atom is -0.491 e. The Morgan fingerprint density at radius 1 is 1.20 bits per heavy atom. The zero-order valence-corrected chi connectivity index (χ0v) is 13.5. The topological polar surface area (TPSA) is 30.5 Å². The predicted molar refractivity (Wildman–Crippen MR) is 84.9 cm³/mol. The zero-order chi connectivity index (χ0) is 14.8. The molecule has 0 aliphatic rings. The molecule has 0 aromatic heterocycles. The lowest BCUT2D eigenvalue weighted by Gasteiger charge is -2.12. The van der Waals surface area contributed by atoms with Gasteiger partial charge in [-0.3, -0.25) is 0 Å². The average Bonchev–Trinajstić information content (AvgIpc) is 2.47. The summed E-state index contributed by atoms with van der Waals surface area (Å²) in [7, 11) is 0. The van der Waals surface area contributed by atoms with Gasteiger partial charge in [-0.2, -0.15) is 0 Å². The summed E-state index contributed by atoms with van der Waals surface area (Å²) < 4.78 is 11.2. The molecule has 0 heterocycles. The van der Waals surface area contributed by atoms with Gasteiger partial charge in [-0.1, -0.05) is 25.4 Å². The van der Waals surface area contributed by atoms with Crippen molar-refractivity contribution >= 4 is 11.6 Å². The Labute approximate surface area is 127 Å².